The lowest BCUT2D eigenvalue weighted by Crippen LogP contribution is -1.93. The van der Waals surface area contributed by atoms with Crippen LogP contribution in [0.15, 0.2) is 18.2 Å². The molecule has 0 fully saturated rings. The summed E-state index contributed by atoms with van der Waals surface area (Å²) in [7, 11) is 0. The van der Waals surface area contributed by atoms with Crippen molar-refractivity contribution in [2.45, 2.75) is 11.8 Å². The zero-order valence-electron chi connectivity index (χ0n) is 6.56. The van der Waals surface area contributed by atoms with Gasteiger partial charge in [-0.25, -0.2) is 4.39 Å². The van der Waals surface area contributed by atoms with Gasteiger partial charge in [0.05, 0.1) is 0 Å². The molecule has 0 saturated carbocycles. The van der Waals surface area contributed by atoms with Crippen molar-refractivity contribution in [1.29, 1.82) is 0 Å². The third-order valence-corrected chi connectivity index (χ3v) is 2.22. The highest BCUT2D eigenvalue weighted by Crippen LogP contribution is 2.12. The summed E-state index contributed by atoms with van der Waals surface area (Å²) in [5, 5.41) is 9.28. The van der Waals surface area contributed by atoms with Crippen LogP contribution >= 0.6 is 15.9 Å². The highest BCUT2D eigenvalue weighted by molar-refractivity contribution is 9.08. The van der Waals surface area contributed by atoms with E-state index in [0.717, 1.165) is 11.1 Å². The first-order valence-corrected chi connectivity index (χ1v) is 4.83. The van der Waals surface area contributed by atoms with Gasteiger partial charge >= 0.3 is 0 Å². The predicted octanol–water partition coefficient (Wildman–Crippen LogP) is 2.26. The Kier molecular flexibility index (Phi) is 3.69. The van der Waals surface area contributed by atoms with E-state index in [4.69, 9.17) is 5.11 Å². The molecule has 0 spiro atoms. The summed E-state index contributed by atoms with van der Waals surface area (Å²) in [6, 6.07) is 4.81. The fraction of sp³-hybridized carbons (Fsp3) is 0.333. The van der Waals surface area contributed by atoms with Crippen molar-refractivity contribution < 1.29 is 9.50 Å². The number of aliphatic hydroxyl groups excluding tert-OH is 1. The molecule has 0 heterocycles. The molecule has 0 unspecified atom stereocenters. The maximum atomic E-state index is 12.8. The Morgan fingerprint density at radius 3 is 2.50 bits per heavy atom. The molecule has 3 heteroatoms. The van der Waals surface area contributed by atoms with Crippen LogP contribution in [-0.4, -0.2) is 11.7 Å². The SMILES string of the molecule is OCCc1cc(F)cc(CBr)c1. The molecule has 1 aromatic carbocycles. The zero-order valence-corrected chi connectivity index (χ0v) is 8.14. The minimum absolute atomic E-state index is 0.0607. The Labute approximate surface area is 79.4 Å². The van der Waals surface area contributed by atoms with E-state index in [1.807, 2.05) is 6.07 Å². The molecule has 1 N–H and O–H groups in total. The molecular formula is C9H10BrFO. The summed E-state index contributed by atoms with van der Waals surface area (Å²) in [4.78, 5) is 0. The van der Waals surface area contributed by atoms with Crippen molar-refractivity contribution in [1.82, 2.24) is 0 Å². The number of halogens is 2. The number of hydrogen-bond acceptors (Lipinski definition) is 1. The van der Waals surface area contributed by atoms with Crippen molar-refractivity contribution in [2.75, 3.05) is 6.61 Å². The second-order valence-corrected chi connectivity index (χ2v) is 3.14. The lowest BCUT2D eigenvalue weighted by Gasteiger charge is -2.01. The standard InChI is InChI=1S/C9H10BrFO/c10-6-8-3-7(1-2-12)4-9(11)5-8/h3-5,12H,1-2,6H2. The molecule has 0 bridgehead atoms. The van der Waals surface area contributed by atoms with Crippen molar-refractivity contribution in [3.8, 4) is 0 Å². The van der Waals surface area contributed by atoms with Crippen LogP contribution in [0.5, 0.6) is 0 Å². The van der Waals surface area contributed by atoms with Gasteiger partial charge in [0, 0.05) is 11.9 Å². The summed E-state index contributed by atoms with van der Waals surface area (Å²) in [6.45, 7) is 0.0607. The second kappa shape index (κ2) is 4.58. The van der Waals surface area contributed by atoms with Gasteiger partial charge in [0.1, 0.15) is 5.82 Å². The van der Waals surface area contributed by atoms with Crippen LogP contribution in [0.1, 0.15) is 11.1 Å². The van der Waals surface area contributed by atoms with Crippen LogP contribution in [0.3, 0.4) is 0 Å². The largest absolute Gasteiger partial charge is 0.396 e. The zero-order chi connectivity index (χ0) is 8.97. The van der Waals surface area contributed by atoms with Crippen LogP contribution in [-0.2, 0) is 11.8 Å². The molecule has 0 aliphatic heterocycles. The molecular weight excluding hydrogens is 223 g/mol. The van der Waals surface area contributed by atoms with Gasteiger partial charge < -0.3 is 5.11 Å². The van der Waals surface area contributed by atoms with E-state index in [-0.39, 0.29) is 12.4 Å². The van der Waals surface area contributed by atoms with Crippen molar-refractivity contribution in [3.63, 3.8) is 0 Å². The van der Waals surface area contributed by atoms with E-state index in [2.05, 4.69) is 15.9 Å². The van der Waals surface area contributed by atoms with Crippen LogP contribution < -0.4 is 0 Å². The first-order chi connectivity index (χ1) is 5.76. The number of hydrogen-bond donors (Lipinski definition) is 1. The predicted molar refractivity (Wildman–Crippen MR) is 49.8 cm³/mol. The average Bonchev–Trinajstić information content (AvgIpc) is 2.04. The molecule has 1 rings (SSSR count). The molecule has 66 valence electrons. The van der Waals surface area contributed by atoms with Crippen molar-refractivity contribution in [2.24, 2.45) is 0 Å². The van der Waals surface area contributed by atoms with E-state index in [1.165, 1.54) is 12.1 Å². The maximum Gasteiger partial charge on any atom is 0.123 e. The Morgan fingerprint density at radius 1 is 1.25 bits per heavy atom. The topological polar surface area (TPSA) is 20.2 Å². The Morgan fingerprint density at radius 2 is 1.92 bits per heavy atom. The lowest BCUT2D eigenvalue weighted by atomic mass is 10.1. The number of benzene rings is 1. The van der Waals surface area contributed by atoms with Gasteiger partial charge in [0.15, 0.2) is 0 Å². The van der Waals surface area contributed by atoms with Gasteiger partial charge in [-0.15, -0.1) is 0 Å². The first kappa shape index (κ1) is 9.68. The van der Waals surface area contributed by atoms with Crippen LogP contribution in [0.25, 0.3) is 0 Å². The third kappa shape index (κ3) is 2.57. The molecule has 0 amide bonds. The highest BCUT2D eigenvalue weighted by Gasteiger charge is 1.98. The van der Waals surface area contributed by atoms with E-state index < -0.39 is 0 Å². The molecule has 0 aromatic heterocycles. The van der Waals surface area contributed by atoms with E-state index in [0.29, 0.717) is 11.8 Å². The Bertz CT molecular complexity index is 263. The molecule has 0 saturated heterocycles. The Balaban J connectivity index is 2.90. The summed E-state index contributed by atoms with van der Waals surface area (Å²) in [5.74, 6) is -0.240. The molecule has 1 nitrogen and oxygen atoms in total. The summed E-state index contributed by atoms with van der Waals surface area (Å²) >= 11 is 3.25. The quantitative estimate of drug-likeness (QED) is 0.794. The van der Waals surface area contributed by atoms with Gasteiger partial charge in [0.2, 0.25) is 0 Å². The number of rotatable bonds is 3. The normalized spacial score (nSPS) is 10.2. The van der Waals surface area contributed by atoms with Crippen LogP contribution in [0.4, 0.5) is 4.39 Å². The van der Waals surface area contributed by atoms with Crippen molar-refractivity contribution in [3.05, 3.63) is 35.1 Å². The van der Waals surface area contributed by atoms with Gasteiger partial charge in [-0.05, 0) is 29.7 Å². The van der Waals surface area contributed by atoms with Crippen molar-refractivity contribution >= 4 is 15.9 Å². The molecule has 12 heavy (non-hydrogen) atoms. The smallest absolute Gasteiger partial charge is 0.123 e. The Hall–Kier alpha value is -0.410. The van der Waals surface area contributed by atoms with Gasteiger partial charge in [-0.2, -0.15) is 0 Å². The number of alkyl halides is 1. The lowest BCUT2D eigenvalue weighted by molar-refractivity contribution is 0.299. The van der Waals surface area contributed by atoms with Gasteiger partial charge in [-0.1, -0.05) is 22.0 Å². The molecule has 0 aliphatic rings. The van der Waals surface area contributed by atoms with E-state index in [9.17, 15) is 4.39 Å². The molecule has 0 atom stereocenters. The van der Waals surface area contributed by atoms with Crippen LogP contribution in [0.2, 0.25) is 0 Å². The maximum absolute atomic E-state index is 12.8. The molecule has 0 aliphatic carbocycles. The van der Waals surface area contributed by atoms with Gasteiger partial charge in [-0.3, -0.25) is 0 Å². The van der Waals surface area contributed by atoms with Crippen LogP contribution in [0, 0.1) is 5.82 Å². The minimum atomic E-state index is -0.240. The minimum Gasteiger partial charge on any atom is -0.396 e. The first-order valence-electron chi connectivity index (χ1n) is 3.71. The fourth-order valence-corrected chi connectivity index (χ4v) is 1.39. The summed E-state index contributed by atoms with van der Waals surface area (Å²) in [6.07, 6.45) is 0.512. The van der Waals surface area contributed by atoms with Gasteiger partial charge in [0.25, 0.3) is 0 Å². The second-order valence-electron chi connectivity index (χ2n) is 2.57. The molecule has 0 radical (unpaired) electrons. The summed E-state index contributed by atoms with van der Waals surface area (Å²) in [5.41, 5.74) is 1.74. The monoisotopic (exact) mass is 232 g/mol. The van der Waals surface area contributed by atoms with E-state index >= 15 is 0 Å². The molecule has 1 aromatic rings. The fourth-order valence-electron chi connectivity index (χ4n) is 1.07. The summed E-state index contributed by atoms with van der Waals surface area (Å²) < 4.78 is 12.8. The number of aliphatic hydroxyl groups is 1. The average molecular weight is 233 g/mol. The third-order valence-electron chi connectivity index (χ3n) is 1.57. The van der Waals surface area contributed by atoms with E-state index in [1.54, 1.807) is 0 Å². The highest BCUT2D eigenvalue weighted by atomic mass is 79.9.